The fourth-order valence-electron chi connectivity index (χ4n) is 3.65. The molecule has 4 atom stereocenters. The van der Waals surface area contributed by atoms with Gasteiger partial charge in [-0.05, 0) is 81.1 Å². The van der Waals surface area contributed by atoms with E-state index in [0.29, 0.717) is 50.3 Å². The zero-order valence-electron chi connectivity index (χ0n) is 39.8. The Kier molecular flexibility index (Phi) is 62.2. The number of carbonyl (C=O) groups is 8. The number of hydrogen-bond acceptors (Lipinski definition) is 16. The van der Waals surface area contributed by atoms with E-state index in [1.807, 2.05) is 20.8 Å². The molecule has 0 heterocycles. The summed E-state index contributed by atoms with van der Waals surface area (Å²) in [6.07, 6.45) is 6.78. The quantitative estimate of drug-likeness (QED) is 0.0402. The van der Waals surface area contributed by atoms with Crippen LogP contribution in [0.2, 0.25) is 0 Å². The third-order valence-corrected chi connectivity index (χ3v) is 10.4. The fourth-order valence-corrected chi connectivity index (χ4v) is 6.63. The maximum absolute atomic E-state index is 11.1. The van der Waals surface area contributed by atoms with Crippen molar-refractivity contribution in [2.24, 2.45) is 0 Å². The van der Waals surface area contributed by atoms with Crippen LogP contribution in [0.25, 0.3) is 0 Å². The summed E-state index contributed by atoms with van der Waals surface area (Å²) in [6, 6.07) is -0.287. The number of hydrogen-bond donors (Lipinski definition) is 10. The van der Waals surface area contributed by atoms with Gasteiger partial charge in [-0.25, -0.2) is 0 Å². The van der Waals surface area contributed by atoms with Gasteiger partial charge in [0.05, 0.1) is 24.2 Å². The first-order valence-corrected chi connectivity index (χ1v) is 24.3. The highest BCUT2D eigenvalue weighted by Crippen LogP contribution is 2.03. The molecule has 0 radical (unpaired) electrons. The van der Waals surface area contributed by atoms with Crippen molar-refractivity contribution in [2.45, 2.75) is 118 Å². The molecule has 4 amide bonds. The molecule has 0 saturated carbocycles. The van der Waals surface area contributed by atoms with Gasteiger partial charge in [-0.15, -0.1) is 0 Å². The van der Waals surface area contributed by atoms with E-state index in [-0.39, 0.29) is 70.9 Å². The van der Waals surface area contributed by atoms with E-state index in [1.54, 1.807) is 86.3 Å². The van der Waals surface area contributed by atoms with Gasteiger partial charge in [-0.1, -0.05) is 40.9 Å². The van der Waals surface area contributed by atoms with Crippen molar-refractivity contribution in [3.8, 4) is 0 Å². The minimum atomic E-state index is -0.0728. The number of amides is 4. The van der Waals surface area contributed by atoms with Crippen molar-refractivity contribution in [3.63, 3.8) is 0 Å². The van der Waals surface area contributed by atoms with Crippen molar-refractivity contribution in [2.75, 3.05) is 75.8 Å². The van der Waals surface area contributed by atoms with Crippen molar-refractivity contribution in [3.05, 3.63) is 25.6 Å². The average molecular weight is 957 g/mol. The van der Waals surface area contributed by atoms with Gasteiger partial charge in [0.2, 0.25) is 23.6 Å². The lowest BCUT2D eigenvalue weighted by Crippen LogP contribution is -2.35. The molecular formula is C42H84N8O8S4. The van der Waals surface area contributed by atoms with Gasteiger partial charge >= 0.3 is 0 Å². The Hall–Kier alpha value is -2.72. The Labute approximate surface area is 394 Å². The molecule has 62 heavy (non-hydrogen) atoms. The normalized spacial score (nSPS) is 11.5. The van der Waals surface area contributed by atoms with Crippen LogP contribution in [-0.4, -0.2) is 147 Å². The Morgan fingerprint density at radius 3 is 1.03 bits per heavy atom. The minimum absolute atomic E-state index is 0.00926. The van der Waals surface area contributed by atoms with Crippen LogP contribution in [0.15, 0.2) is 25.6 Å². The molecule has 0 spiro atoms. The van der Waals surface area contributed by atoms with Gasteiger partial charge in [0.25, 0.3) is 0 Å². The van der Waals surface area contributed by atoms with Gasteiger partial charge in [0, 0.05) is 73.3 Å². The summed E-state index contributed by atoms with van der Waals surface area (Å²) in [6.45, 7) is 21.9. The lowest BCUT2D eigenvalue weighted by molar-refractivity contribution is -0.121. The van der Waals surface area contributed by atoms with Crippen LogP contribution in [0.4, 0.5) is 0 Å². The summed E-state index contributed by atoms with van der Waals surface area (Å²) in [5, 5.41) is 22.1. The Morgan fingerprint density at radius 1 is 0.500 bits per heavy atom. The second-order valence-electron chi connectivity index (χ2n) is 12.8. The summed E-state index contributed by atoms with van der Waals surface area (Å²) in [7, 11) is 7.08. The molecule has 8 N–H and O–H groups in total. The summed E-state index contributed by atoms with van der Waals surface area (Å²) in [5.74, 6) is 5.20. The highest BCUT2D eigenvalue weighted by atomic mass is 32.2. The van der Waals surface area contributed by atoms with E-state index in [2.05, 4.69) is 80.9 Å². The lowest BCUT2D eigenvalue weighted by atomic mass is 10.2. The Morgan fingerprint density at radius 2 is 0.806 bits per heavy atom. The lowest BCUT2D eigenvalue weighted by Gasteiger charge is -2.11. The molecule has 0 aliphatic carbocycles. The first kappa shape index (κ1) is 70.9. The molecule has 0 aliphatic heterocycles. The largest absolute Gasteiger partial charge is 0.355 e. The molecular weight excluding hydrogens is 873 g/mol. The molecule has 364 valence electrons. The van der Waals surface area contributed by atoms with Gasteiger partial charge in [0.15, 0.2) is 0 Å². The number of nitrogens with one attached hydrogen (secondary N) is 8. The fraction of sp³-hybridized carbons (Fsp3) is 0.714. The number of thioether (sulfide) groups is 2. The van der Waals surface area contributed by atoms with Crippen molar-refractivity contribution < 1.29 is 38.4 Å². The molecule has 0 aromatic rings. The maximum atomic E-state index is 11.1. The number of Topliss-reactive ketones (excluding diaryl/α,β-unsaturated/α-hetero) is 4. The van der Waals surface area contributed by atoms with E-state index in [4.69, 9.17) is 0 Å². The number of rotatable bonds is 28. The molecule has 0 bridgehead atoms. The van der Waals surface area contributed by atoms with Gasteiger partial charge in [-0.2, -0.15) is 48.8 Å². The number of carbonyl (C=O) groups excluding carboxylic acids is 8. The molecule has 0 aliphatic rings. The summed E-state index contributed by atoms with van der Waals surface area (Å²) in [4.78, 5) is 85.8. The SMILES string of the molecule is C=CNC(=O)CC.C=CNC(=O)CCC.CCC(=O)NCCSCC(NC)C(C)=O.CCCC(=O)NCCSCC(NC)C(C)=O.CNC(CS)C(C)=O.CNC(CS)C(C)=O. The van der Waals surface area contributed by atoms with Gasteiger partial charge in [0.1, 0.15) is 23.1 Å². The second kappa shape index (κ2) is 54.4. The molecule has 0 saturated heterocycles. The Balaban J connectivity index is -0.000000157. The van der Waals surface area contributed by atoms with Gasteiger partial charge < -0.3 is 42.5 Å². The molecule has 0 fully saturated rings. The Bertz CT molecular complexity index is 1190. The van der Waals surface area contributed by atoms with E-state index in [9.17, 15) is 38.4 Å². The van der Waals surface area contributed by atoms with Crippen LogP contribution in [0, 0.1) is 0 Å². The highest BCUT2D eigenvalue weighted by molar-refractivity contribution is 7.99. The van der Waals surface area contributed by atoms with E-state index < -0.39 is 0 Å². The maximum Gasteiger partial charge on any atom is 0.223 e. The summed E-state index contributed by atoms with van der Waals surface area (Å²) >= 11 is 11.2. The third kappa shape index (κ3) is 55.3. The van der Waals surface area contributed by atoms with Crippen LogP contribution in [0.1, 0.15) is 93.9 Å². The smallest absolute Gasteiger partial charge is 0.223 e. The average Bonchev–Trinajstić information content (AvgIpc) is 3.22. The zero-order chi connectivity index (χ0) is 49.3. The van der Waals surface area contributed by atoms with Crippen LogP contribution >= 0.6 is 48.8 Å². The van der Waals surface area contributed by atoms with Crippen molar-refractivity contribution in [1.29, 1.82) is 0 Å². The van der Waals surface area contributed by atoms with Gasteiger partial charge in [-0.3, -0.25) is 38.4 Å². The molecule has 20 heteroatoms. The van der Waals surface area contributed by atoms with Crippen LogP contribution in [0.5, 0.6) is 0 Å². The minimum Gasteiger partial charge on any atom is -0.355 e. The monoisotopic (exact) mass is 957 g/mol. The number of ketones is 4. The second-order valence-corrected chi connectivity index (χ2v) is 15.8. The number of thiol groups is 2. The molecule has 0 aromatic heterocycles. The van der Waals surface area contributed by atoms with Crippen LogP contribution in [-0.2, 0) is 38.4 Å². The predicted octanol–water partition coefficient (Wildman–Crippen LogP) is 3.12. The summed E-state index contributed by atoms with van der Waals surface area (Å²) in [5.41, 5.74) is 0. The molecule has 4 unspecified atom stereocenters. The molecule has 0 rings (SSSR count). The molecule has 0 aromatic carbocycles. The third-order valence-electron chi connectivity index (χ3n) is 7.55. The topological polar surface area (TPSA) is 233 Å². The van der Waals surface area contributed by atoms with E-state index >= 15 is 0 Å². The molecule has 16 nitrogen and oxygen atoms in total. The first-order chi connectivity index (χ1) is 29.3. The van der Waals surface area contributed by atoms with Crippen molar-refractivity contribution >= 4 is 95.5 Å². The number of likely N-dealkylation sites (N-methyl/N-ethyl adjacent to an activating group) is 4. The summed E-state index contributed by atoms with van der Waals surface area (Å²) < 4.78 is 0. The highest BCUT2D eigenvalue weighted by Gasteiger charge is 2.12. The van der Waals surface area contributed by atoms with Crippen LogP contribution in [0.3, 0.4) is 0 Å². The van der Waals surface area contributed by atoms with Crippen molar-refractivity contribution in [1.82, 2.24) is 42.5 Å². The zero-order valence-corrected chi connectivity index (χ0v) is 43.2. The standard InChI is InChI=1S/C11H22N2O2S.C10H20N2O2S.C6H11NO.2C5H11NOS.C5H9NO/c1-4-5-11(15)13-6-7-16-8-10(12-3)9(2)14;1-4-10(14)12-5-6-15-7-9(11-3)8(2)13;1-3-5-6(8)7-4-2;2*1-4(7)5(3-8)6-2;1-3-5(7)6-4-2/h10,12H,4-8H2,1-3H3,(H,13,15);9,11H,4-7H2,1-3H3,(H,12,14);4H,2-3,5H2,1H3,(H,7,8);2*5-6,8H,3H2,1-2H3;4H,2-3H2,1H3,(H,6,7). The first-order valence-electron chi connectivity index (χ1n) is 20.7. The van der Waals surface area contributed by atoms with Crippen LogP contribution < -0.4 is 42.5 Å². The van der Waals surface area contributed by atoms with E-state index in [1.165, 1.54) is 12.4 Å². The predicted molar refractivity (Wildman–Crippen MR) is 270 cm³/mol. The van der Waals surface area contributed by atoms with E-state index in [0.717, 1.165) is 35.9 Å².